The van der Waals surface area contributed by atoms with Gasteiger partial charge in [-0.2, -0.15) is 10.1 Å². The fraction of sp³-hybridized carbons (Fsp3) is 0.105. The summed E-state index contributed by atoms with van der Waals surface area (Å²) in [7, 11) is 1.66. The van der Waals surface area contributed by atoms with Crippen LogP contribution in [-0.4, -0.2) is 21.7 Å². The molecule has 124 valence electrons. The third-order valence-corrected chi connectivity index (χ3v) is 4.84. The average molecular weight is 349 g/mol. The van der Waals surface area contributed by atoms with Gasteiger partial charge in [0.25, 0.3) is 0 Å². The van der Waals surface area contributed by atoms with E-state index < -0.39 is 0 Å². The van der Waals surface area contributed by atoms with E-state index in [-0.39, 0.29) is 5.56 Å². The third kappa shape index (κ3) is 2.70. The van der Waals surface area contributed by atoms with Gasteiger partial charge in [0.1, 0.15) is 5.75 Å². The molecule has 2 heterocycles. The number of aryl methyl sites for hydroxylation is 1. The Morgan fingerprint density at radius 1 is 1.08 bits per heavy atom. The molecule has 2 aromatic carbocycles. The van der Waals surface area contributed by atoms with Gasteiger partial charge in [0.15, 0.2) is 5.69 Å². The molecule has 4 aromatic rings. The van der Waals surface area contributed by atoms with Crippen LogP contribution >= 0.6 is 11.3 Å². The van der Waals surface area contributed by atoms with Gasteiger partial charge < -0.3 is 4.74 Å². The summed E-state index contributed by atoms with van der Waals surface area (Å²) in [5.74, 6) is 0.839. The molecule has 0 amide bonds. The number of fused-ring (bicyclic) bond motifs is 1. The summed E-state index contributed by atoms with van der Waals surface area (Å²) >= 11 is 1.40. The Labute approximate surface area is 148 Å². The summed E-state index contributed by atoms with van der Waals surface area (Å²) in [5, 5.41) is 6.54. The van der Waals surface area contributed by atoms with E-state index in [1.165, 1.54) is 11.3 Å². The minimum atomic E-state index is -0.314. The van der Waals surface area contributed by atoms with Gasteiger partial charge in [0, 0.05) is 16.5 Å². The number of benzene rings is 2. The molecule has 0 saturated heterocycles. The monoisotopic (exact) mass is 349 g/mol. The summed E-state index contributed by atoms with van der Waals surface area (Å²) in [4.78, 5) is 17.1. The SMILES string of the molecule is COc1ccc(-c2csc3nc(=O)c(-c4ccccc4)nn23)cc1C. The normalized spacial score (nSPS) is 11.0. The zero-order valence-electron chi connectivity index (χ0n) is 13.8. The minimum Gasteiger partial charge on any atom is -0.496 e. The summed E-state index contributed by atoms with van der Waals surface area (Å²) in [6.07, 6.45) is 0. The first-order valence-corrected chi connectivity index (χ1v) is 8.64. The second-order valence-corrected chi connectivity index (χ2v) is 6.47. The largest absolute Gasteiger partial charge is 0.496 e. The van der Waals surface area contributed by atoms with Crippen LogP contribution in [0.5, 0.6) is 5.75 Å². The van der Waals surface area contributed by atoms with Crippen LogP contribution in [0.1, 0.15) is 5.56 Å². The Balaban J connectivity index is 1.92. The first-order valence-electron chi connectivity index (χ1n) is 7.76. The molecule has 0 fully saturated rings. The van der Waals surface area contributed by atoms with E-state index in [0.717, 1.165) is 28.1 Å². The van der Waals surface area contributed by atoms with Crippen molar-refractivity contribution in [3.63, 3.8) is 0 Å². The Hall–Kier alpha value is -2.99. The van der Waals surface area contributed by atoms with Crippen molar-refractivity contribution in [2.45, 2.75) is 6.92 Å². The van der Waals surface area contributed by atoms with Crippen molar-refractivity contribution in [1.29, 1.82) is 0 Å². The van der Waals surface area contributed by atoms with Crippen LogP contribution in [-0.2, 0) is 0 Å². The zero-order valence-corrected chi connectivity index (χ0v) is 14.6. The number of aromatic nitrogens is 3. The van der Waals surface area contributed by atoms with Gasteiger partial charge in [-0.15, -0.1) is 11.3 Å². The van der Waals surface area contributed by atoms with Gasteiger partial charge in [0.05, 0.1) is 12.8 Å². The predicted molar refractivity (Wildman–Crippen MR) is 99.3 cm³/mol. The minimum absolute atomic E-state index is 0.314. The standard InChI is InChI=1S/C19H15N3O2S/c1-12-10-14(8-9-16(12)24-2)15-11-25-19-20-18(23)17(21-22(15)19)13-6-4-3-5-7-13/h3-11H,1-2H3. The van der Waals surface area contributed by atoms with Crippen LogP contribution in [0.2, 0.25) is 0 Å². The van der Waals surface area contributed by atoms with Gasteiger partial charge in [0.2, 0.25) is 4.96 Å². The Morgan fingerprint density at radius 3 is 2.60 bits per heavy atom. The van der Waals surface area contributed by atoms with E-state index in [2.05, 4.69) is 10.1 Å². The van der Waals surface area contributed by atoms with Gasteiger partial charge in [-0.25, -0.2) is 4.52 Å². The highest BCUT2D eigenvalue weighted by Gasteiger charge is 2.14. The van der Waals surface area contributed by atoms with Crippen molar-refractivity contribution in [3.05, 3.63) is 69.8 Å². The molecule has 5 nitrogen and oxygen atoms in total. The summed E-state index contributed by atoms with van der Waals surface area (Å²) < 4.78 is 7.06. The van der Waals surface area contributed by atoms with E-state index in [1.54, 1.807) is 11.6 Å². The fourth-order valence-corrected chi connectivity index (χ4v) is 3.60. The van der Waals surface area contributed by atoms with E-state index in [4.69, 9.17) is 4.74 Å². The molecule has 0 aliphatic rings. The first kappa shape index (κ1) is 15.5. The molecule has 6 heteroatoms. The molecule has 0 radical (unpaired) electrons. The number of thiazole rings is 1. The Morgan fingerprint density at radius 2 is 1.88 bits per heavy atom. The number of ether oxygens (including phenoxy) is 1. The lowest BCUT2D eigenvalue weighted by Gasteiger charge is -2.07. The predicted octanol–water partition coefficient (Wildman–Crippen LogP) is 3.80. The van der Waals surface area contributed by atoms with Crippen molar-refractivity contribution in [3.8, 4) is 28.3 Å². The van der Waals surface area contributed by atoms with E-state index >= 15 is 0 Å². The first-order chi connectivity index (χ1) is 12.2. The quantitative estimate of drug-likeness (QED) is 0.564. The van der Waals surface area contributed by atoms with E-state index in [0.29, 0.717) is 10.7 Å². The second-order valence-electron chi connectivity index (χ2n) is 5.63. The lowest BCUT2D eigenvalue weighted by atomic mass is 10.1. The van der Waals surface area contributed by atoms with Crippen molar-refractivity contribution >= 4 is 16.3 Å². The molecule has 0 aliphatic carbocycles. The molecule has 0 spiro atoms. The van der Waals surface area contributed by atoms with E-state index in [1.807, 2.05) is 60.8 Å². The maximum absolute atomic E-state index is 12.3. The molecule has 0 saturated carbocycles. The van der Waals surface area contributed by atoms with Gasteiger partial charge in [-0.05, 0) is 30.7 Å². The average Bonchev–Trinajstić information content (AvgIpc) is 3.04. The maximum atomic E-state index is 12.3. The van der Waals surface area contributed by atoms with Crippen LogP contribution in [0.4, 0.5) is 0 Å². The van der Waals surface area contributed by atoms with Crippen LogP contribution in [0.25, 0.3) is 27.5 Å². The fourth-order valence-electron chi connectivity index (χ4n) is 2.77. The highest BCUT2D eigenvalue weighted by molar-refractivity contribution is 7.15. The molecular weight excluding hydrogens is 334 g/mol. The van der Waals surface area contributed by atoms with Crippen molar-refractivity contribution in [2.24, 2.45) is 0 Å². The van der Waals surface area contributed by atoms with Crippen molar-refractivity contribution < 1.29 is 4.74 Å². The molecule has 2 aromatic heterocycles. The Bertz CT molecular complexity index is 1120. The van der Waals surface area contributed by atoms with Crippen molar-refractivity contribution in [1.82, 2.24) is 14.6 Å². The molecule has 25 heavy (non-hydrogen) atoms. The molecular formula is C19H15N3O2S. The highest BCUT2D eigenvalue weighted by Crippen LogP contribution is 2.28. The van der Waals surface area contributed by atoms with Crippen LogP contribution in [0.15, 0.2) is 58.7 Å². The van der Waals surface area contributed by atoms with Crippen LogP contribution < -0.4 is 10.3 Å². The maximum Gasteiger partial charge on any atom is 0.300 e. The number of hydrogen-bond acceptors (Lipinski definition) is 5. The molecule has 4 rings (SSSR count). The highest BCUT2D eigenvalue weighted by atomic mass is 32.1. The lowest BCUT2D eigenvalue weighted by molar-refractivity contribution is 0.412. The molecule has 0 aliphatic heterocycles. The van der Waals surface area contributed by atoms with Crippen LogP contribution in [0.3, 0.4) is 0 Å². The summed E-state index contributed by atoms with van der Waals surface area (Å²) in [5.41, 5.74) is 3.74. The summed E-state index contributed by atoms with van der Waals surface area (Å²) in [6.45, 7) is 2.00. The zero-order chi connectivity index (χ0) is 17.4. The third-order valence-electron chi connectivity index (χ3n) is 4.02. The van der Waals surface area contributed by atoms with Crippen LogP contribution in [0, 0.1) is 6.92 Å². The molecule has 0 unspecified atom stereocenters. The van der Waals surface area contributed by atoms with Gasteiger partial charge >= 0.3 is 5.56 Å². The van der Waals surface area contributed by atoms with Gasteiger partial charge in [-0.1, -0.05) is 30.3 Å². The Kier molecular flexibility index (Phi) is 3.82. The van der Waals surface area contributed by atoms with E-state index in [9.17, 15) is 4.79 Å². The molecule has 0 atom stereocenters. The topological polar surface area (TPSA) is 56.5 Å². The van der Waals surface area contributed by atoms with Gasteiger partial charge in [-0.3, -0.25) is 4.79 Å². The van der Waals surface area contributed by atoms with Crippen molar-refractivity contribution in [2.75, 3.05) is 7.11 Å². The second kappa shape index (κ2) is 6.14. The molecule has 0 N–H and O–H groups in total. The lowest BCUT2D eigenvalue weighted by Crippen LogP contribution is -2.14. The number of hydrogen-bond donors (Lipinski definition) is 0. The molecule has 0 bridgehead atoms. The smallest absolute Gasteiger partial charge is 0.300 e. The number of methoxy groups -OCH3 is 1. The number of rotatable bonds is 3. The summed E-state index contributed by atoms with van der Waals surface area (Å²) in [6, 6.07) is 15.4. The number of nitrogens with zero attached hydrogens (tertiary/aromatic N) is 3.